The van der Waals surface area contributed by atoms with E-state index in [1.165, 1.54) is 22.9 Å². The monoisotopic (exact) mass is 474 g/mol. The number of hydrogen-bond donors (Lipinski definition) is 3. The van der Waals surface area contributed by atoms with Crippen molar-refractivity contribution in [2.75, 3.05) is 5.73 Å². The van der Waals surface area contributed by atoms with Gasteiger partial charge in [-0.1, -0.05) is 49.1 Å². The van der Waals surface area contributed by atoms with Crippen molar-refractivity contribution in [3.63, 3.8) is 0 Å². The molecule has 32 heavy (non-hydrogen) atoms. The average molecular weight is 475 g/mol. The van der Waals surface area contributed by atoms with E-state index >= 15 is 0 Å². The van der Waals surface area contributed by atoms with Crippen LogP contribution >= 0.6 is 11.6 Å². The Balaban J connectivity index is 1.61. The van der Waals surface area contributed by atoms with Crippen LogP contribution in [0, 0.1) is 0 Å². The van der Waals surface area contributed by atoms with Gasteiger partial charge in [-0.2, -0.15) is 0 Å². The lowest BCUT2D eigenvalue weighted by atomic mass is 9.96. The Bertz CT molecular complexity index is 1290. The highest BCUT2D eigenvalue weighted by atomic mass is 35.5. The molecule has 0 aliphatic heterocycles. The molecule has 1 fully saturated rings. The number of aromatic nitrogens is 2. The number of H-pyrrole nitrogens is 1. The Hall–Kier alpha value is -2.95. The standard InChI is InChI=1S/C21H23ClN6O3S/c22-17-12-11-16(32(30,31)27-14-7-3-1-4-8-14)13-18(17)24-25-19-20(23)26-28(21(19)29)15-9-5-2-6-10-15/h2,5-6,9-14,26-27H,1,3-4,7-8,23H2. The van der Waals surface area contributed by atoms with Gasteiger partial charge < -0.3 is 5.73 Å². The van der Waals surface area contributed by atoms with Crippen LogP contribution in [0.15, 0.2) is 68.4 Å². The minimum absolute atomic E-state index is 0.0291. The predicted octanol–water partition coefficient (Wildman–Crippen LogP) is 4.43. The van der Waals surface area contributed by atoms with E-state index in [-0.39, 0.29) is 33.2 Å². The summed E-state index contributed by atoms with van der Waals surface area (Å²) in [5.41, 5.74) is 6.03. The van der Waals surface area contributed by atoms with Crippen LogP contribution in [0.5, 0.6) is 0 Å². The van der Waals surface area contributed by atoms with Gasteiger partial charge >= 0.3 is 5.56 Å². The van der Waals surface area contributed by atoms with Gasteiger partial charge in [-0.25, -0.2) is 17.8 Å². The number of rotatable bonds is 6. The molecule has 1 aliphatic rings. The first-order valence-electron chi connectivity index (χ1n) is 10.2. The second kappa shape index (κ2) is 9.27. The molecule has 0 amide bonds. The molecule has 1 saturated carbocycles. The summed E-state index contributed by atoms with van der Waals surface area (Å²) in [7, 11) is -3.74. The summed E-state index contributed by atoms with van der Waals surface area (Å²) in [6, 6.07) is 13.0. The van der Waals surface area contributed by atoms with Crippen molar-refractivity contribution in [2.24, 2.45) is 10.2 Å². The molecule has 1 aliphatic carbocycles. The zero-order valence-electron chi connectivity index (χ0n) is 17.2. The number of nitrogens with one attached hydrogen (secondary N) is 2. The van der Waals surface area contributed by atoms with Crippen molar-refractivity contribution in [1.29, 1.82) is 0 Å². The molecule has 0 unspecified atom stereocenters. The lowest BCUT2D eigenvalue weighted by Crippen LogP contribution is -2.36. The van der Waals surface area contributed by atoms with Crippen LogP contribution in [-0.4, -0.2) is 24.2 Å². The molecule has 0 spiro atoms. The van der Waals surface area contributed by atoms with Gasteiger partial charge in [0.25, 0.3) is 0 Å². The molecular formula is C21H23ClN6O3S. The van der Waals surface area contributed by atoms with Gasteiger partial charge in [-0.15, -0.1) is 10.2 Å². The van der Waals surface area contributed by atoms with Crippen LogP contribution in [0.25, 0.3) is 5.69 Å². The van der Waals surface area contributed by atoms with E-state index in [0.29, 0.717) is 5.69 Å². The molecule has 4 rings (SSSR count). The highest BCUT2D eigenvalue weighted by molar-refractivity contribution is 7.89. The van der Waals surface area contributed by atoms with E-state index in [0.717, 1.165) is 32.1 Å². The van der Waals surface area contributed by atoms with E-state index in [1.54, 1.807) is 24.3 Å². The summed E-state index contributed by atoms with van der Waals surface area (Å²) in [5.74, 6) is 0.0291. The fourth-order valence-corrected chi connectivity index (χ4v) is 5.13. The molecule has 3 aromatic rings. The van der Waals surface area contributed by atoms with Crippen molar-refractivity contribution in [1.82, 2.24) is 14.5 Å². The van der Waals surface area contributed by atoms with E-state index in [9.17, 15) is 13.2 Å². The molecule has 11 heteroatoms. The Morgan fingerprint density at radius 1 is 1.06 bits per heavy atom. The fourth-order valence-electron chi connectivity index (χ4n) is 3.65. The van der Waals surface area contributed by atoms with Gasteiger partial charge in [-0.05, 0) is 43.2 Å². The molecule has 0 saturated heterocycles. The Labute approximate surface area is 190 Å². The van der Waals surface area contributed by atoms with Gasteiger partial charge in [0.2, 0.25) is 10.0 Å². The number of nitrogen functional groups attached to an aromatic ring is 1. The molecule has 0 bridgehead atoms. The summed E-state index contributed by atoms with van der Waals surface area (Å²) in [6.45, 7) is 0. The quantitative estimate of drug-likeness (QED) is 0.455. The number of nitrogens with zero attached hydrogens (tertiary/aromatic N) is 3. The van der Waals surface area contributed by atoms with E-state index in [1.807, 2.05) is 6.07 Å². The van der Waals surface area contributed by atoms with Crippen LogP contribution < -0.4 is 16.0 Å². The Morgan fingerprint density at radius 3 is 2.50 bits per heavy atom. The van der Waals surface area contributed by atoms with Crippen molar-refractivity contribution in [3.8, 4) is 5.69 Å². The molecule has 1 aromatic heterocycles. The Morgan fingerprint density at radius 2 is 1.78 bits per heavy atom. The number of halogens is 1. The molecular weight excluding hydrogens is 452 g/mol. The molecule has 2 aromatic carbocycles. The molecule has 0 atom stereocenters. The summed E-state index contributed by atoms with van der Waals surface area (Å²) in [6.07, 6.45) is 4.77. The number of para-hydroxylation sites is 1. The smallest absolute Gasteiger partial charge is 0.301 e. The number of hydrogen-bond acceptors (Lipinski definition) is 6. The zero-order valence-corrected chi connectivity index (χ0v) is 18.7. The van der Waals surface area contributed by atoms with Gasteiger partial charge in [0.05, 0.1) is 15.6 Å². The number of anilines is 1. The second-order valence-corrected chi connectivity index (χ2v) is 9.74. The van der Waals surface area contributed by atoms with Gasteiger partial charge in [0.15, 0.2) is 5.69 Å². The van der Waals surface area contributed by atoms with Crippen molar-refractivity contribution in [2.45, 2.75) is 43.0 Å². The SMILES string of the molecule is Nc1[nH]n(-c2ccccc2)c(=O)c1N=Nc1cc(S(=O)(=O)NC2CCCCC2)ccc1Cl. The highest BCUT2D eigenvalue weighted by Gasteiger charge is 2.22. The average Bonchev–Trinajstić information content (AvgIpc) is 3.07. The van der Waals surface area contributed by atoms with Crippen LogP contribution in [0.2, 0.25) is 5.02 Å². The third-order valence-corrected chi connectivity index (χ3v) is 7.16. The maximum Gasteiger partial charge on any atom is 0.301 e. The van der Waals surface area contributed by atoms with Crippen LogP contribution in [0.1, 0.15) is 32.1 Å². The Kier molecular flexibility index (Phi) is 6.45. The maximum atomic E-state index is 12.8. The fraction of sp³-hybridized carbons (Fsp3) is 0.286. The molecule has 9 nitrogen and oxygen atoms in total. The minimum atomic E-state index is -3.74. The number of aromatic amines is 1. The van der Waals surface area contributed by atoms with Crippen molar-refractivity contribution >= 4 is 38.8 Å². The first-order chi connectivity index (χ1) is 15.3. The zero-order chi connectivity index (χ0) is 22.7. The van der Waals surface area contributed by atoms with Crippen LogP contribution in [0.4, 0.5) is 17.2 Å². The summed E-state index contributed by atoms with van der Waals surface area (Å²) >= 11 is 6.19. The first kappa shape index (κ1) is 22.3. The normalized spacial score (nSPS) is 15.4. The van der Waals surface area contributed by atoms with Crippen LogP contribution in [-0.2, 0) is 10.0 Å². The lowest BCUT2D eigenvalue weighted by Gasteiger charge is -2.22. The second-order valence-electron chi connectivity index (χ2n) is 7.62. The third kappa shape index (κ3) is 4.77. The lowest BCUT2D eigenvalue weighted by molar-refractivity contribution is 0.412. The topological polar surface area (TPSA) is 135 Å². The van der Waals surface area contributed by atoms with E-state index in [2.05, 4.69) is 20.0 Å². The number of azo groups is 1. The van der Waals surface area contributed by atoms with Gasteiger partial charge in [-0.3, -0.25) is 9.89 Å². The summed E-state index contributed by atoms with van der Waals surface area (Å²) < 4.78 is 29.6. The number of benzene rings is 2. The van der Waals surface area contributed by atoms with Gasteiger partial charge in [0.1, 0.15) is 11.5 Å². The van der Waals surface area contributed by atoms with Crippen molar-refractivity contribution < 1.29 is 8.42 Å². The molecule has 168 valence electrons. The summed E-state index contributed by atoms with van der Waals surface area (Å²) in [4.78, 5) is 12.7. The predicted molar refractivity (Wildman–Crippen MR) is 124 cm³/mol. The van der Waals surface area contributed by atoms with Gasteiger partial charge in [0, 0.05) is 6.04 Å². The summed E-state index contributed by atoms with van der Waals surface area (Å²) in [5, 5.41) is 10.9. The minimum Gasteiger partial charge on any atom is -0.382 e. The first-order valence-corrected chi connectivity index (χ1v) is 12.1. The van der Waals surface area contributed by atoms with E-state index in [4.69, 9.17) is 17.3 Å². The maximum absolute atomic E-state index is 12.8. The van der Waals surface area contributed by atoms with Crippen molar-refractivity contribution in [3.05, 3.63) is 63.9 Å². The number of sulfonamides is 1. The van der Waals surface area contributed by atoms with Crippen LogP contribution in [0.3, 0.4) is 0 Å². The third-order valence-electron chi connectivity index (χ3n) is 5.32. The number of nitrogens with two attached hydrogens (primary N) is 1. The molecule has 1 heterocycles. The molecule has 4 N–H and O–H groups in total. The van der Waals surface area contributed by atoms with E-state index < -0.39 is 15.6 Å². The largest absolute Gasteiger partial charge is 0.382 e. The molecule has 0 radical (unpaired) electrons. The highest BCUT2D eigenvalue weighted by Crippen LogP contribution is 2.30.